The molecule has 4 aromatic rings. The van der Waals surface area contributed by atoms with Crippen molar-refractivity contribution >= 4 is 28.4 Å². The van der Waals surface area contributed by atoms with Crippen LogP contribution >= 0.6 is 11.6 Å². The molecule has 158 valence electrons. The fourth-order valence-corrected chi connectivity index (χ4v) is 3.50. The Labute approximate surface area is 182 Å². The molecule has 31 heavy (non-hydrogen) atoms. The maximum atomic E-state index is 12.5. The number of pyridine rings is 2. The molecule has 1 amide bonds. The number of fused-ring (bicyclic) bond motifs is 1. The van der Waals surface area contributed by atoms with Crippen molar-refractivity contribution < 1.29 is 13.9 Å². The molecule has 0 unspecified atom stereocenters. The zero-order valence-corrected chi connectivity index (χ0v) is 17.4. The van der Waals surface area contributed by atoms with Crippen LogP contribution in [0.2, 0.25) is 5.02 Å². The van der Waals surface area contributed by atoms with Gasteiger partial charge in [-0.15, -0.1) is 0 Å². The first-order valence-corrected chi connectivity index (χ1v) is 9.90. The first-order chi connectivity index (χ1) is 15.1. The Hall–Kier alpha value is -3.52. The third-order valence-corrected chi connectivity index (χ3v) is 5.08. The predicted molar refractivity (Wildman–Crippen MR) is 115 cm³/mol. The number of imidazole rings is 1. The fourth-order valence-electron chi connectivity index (χ4n) is 3.27. The van der Waals surface area contributed by atoms with E-state index in [1.807, 2.05) is 42.0 Å². The van der Waals surface area contributed by atoms with Gasteiger partial charge in [0.05, 0.1) is 17.0 Å². The zero-order chi connectivity index (χ0) is 21.8. The van der Waals surface area contributed by atoms with E-state index in [-0.39, 0.29) is 13.2 Å². The summed E-state index contributed by atoms with van der Waals surface area (Å²) in [5.74, 6) is -0.109. The van der Waals surface area contributed by atoms with E-state index in [0.717, 1.165) is 16.8 Å². The van der Waals surface area contributed by atoms with Gasteiger partial charge in [0, 0.05) is 48.0 Å². The minimum Gasteiger partial charge on any atom is -0.487 e. The maximum absolute atomic E-state index is 12.5. The minimum absolute atomic E-state index is 0.104. The zero-order valence-electron chi connectivity index (χ0n) is 16.7. The molecule has 0 fully saturated rings. The topological polar surface area (TPSA) is 81.9 Å². The summed E-state index contributed by atoms with van der Waals surface area (Å²) in [5.41, 5.74) is 3.81. The summed E-state index contributed by atoms with van der Waals surface area (Å²) in [6.07, 6.45) is 8.40. The minimum atomic E-state index is -1.08. The Morgan fingerprint density at radius 1 is 1.29 bits per heavy atom. The van der Waals surface area contributed by atoms with Crippen molar-refractivity contribution in [1.29, 1.82) is 0 Å². The second-order valence-corrected chi connectivity index (χ2v) is 7.27. The van der Waals surface area contributed by atoms with Gasteiger partial charge in [-0.1, -0.05) is 23.7 Å². The molecule has 0 bridgehead atoms. The molecular formula is C22H19ClFN5O2. The number of aromatic nitrogens is 4. The number of hydrogen-bond acceptors (Lipinski definition) is 5. The van der Waals surface area contributed by atoms with Gasteiger partial charge in [-0.25, -0.2) is 14.4 Å². The molecule has 0 aliphatic heterocycles. The van der Waals surface area contributed by atoms with Crippen LogP contribution in [-0.4, -0.2) is 32.1 Å². The van der Waals surface area contributed by atoms with E-state index in [4.69, 9.17) is 16.3 Å². The quantitative estimate of drug-likeness (QED) is 0.471. The summed E-state index contributed by atoms with van der Waals surface area (Å²) in [7, 11) is 0. The number of nitrogens with zero attached hydrogens (tertiary/aromatic N) is 4. The Morgan fingerprint density at radius 2 is 2.16 bits per heavy atom. The fraction of sp³-hybridized carbons (Fsp3) is 0.182. The van der Waals surface area contributed by atoms with Crippen LogP contribution in [0.3, 0.4) is 0 Å². The van der Waals surface area contributed by atoms with Gasteiger partial charge in [0.1, 0.15) is 17.9 Å². The lowest BCUT2D eigenvalue weighted by atomic mass is 10.1. The van der Waals surface area contributed by atoms with Crippen molar-refractivity contribution in [3.63, 3.8) is 0 Å². The average molecular weight is 440 g/mol. The van der Waals surface area contributed by atoms with Gasteiger partial charge >= 0.3 is 0 Å². The standard InChI is InChI=1S/C22H19ClFN5O2/c1-14-7-19(29-6-5-25-13-29)16-3-2-4-20(22(16)28-14)31-12-17-15(9-26-11-18(17)23)10-27-21(30)8-24/h2-7,9,11,13H,8,10,12H2,1H3,(H,27,30). The van der Waals surface area contributed by atoms with Gasteiger partial charge in [0.15, 0.2) is 6.67 Å². The van der Waals surface area contributed by atoms with Gasteiger partial charge in [-0.3, -0.25) is 9.78 Å². The Balaban J connectivity index is 1.66. The molecule has 0 radical (unpaired) electrons. The Kier molecular flexibility index (Phi) is 6.08. The summed E-state index contributed by atoms with van der Waals surface area (Å²) in [6.45, 7) is 1.08. The van der Waals surface area contributed by atoms with E-state index in [0.29, 0.717) is 27.4 Å². The van der Waals surface area contributed by atoms with E-state index in [1.54, 1.807) is 18.7 Å². The molecule has 1 N–H and O–H groups in total. The van der Waals surface area contributed by atoms with E-state index >= 15 is 0 Å². The average Bonchev–Trinajstić information content (AvgIpc) is 3.31. The van der Waals surface area contributed by atoms with Crippen LogP contribution < -0.4 is 10.1 Å². The van der Waals surface area contributed by atoms with Crippen molar-refractivity contribution in [3.05, 3.63) is 77.2 Å². The van der Waals surface area contributed by atoms with Crippen LogP contribution in [0.1, 0.15) is 16.8 Å². The van der Waals surface area contributed by atoms with Crippen LogP contribution in [0, 0.1) is 6.92 Å². The highest BCUT2D eigenvalue weighted by molar-refractivity contribution is 6.31. The molecular weight excluding hydrogens is 421 g/mol. The summed E-state index contributed by atoms with van der Waals surface area (Å²) in [5, 5.41) is 3.80. The number of ether oxygens (including phenoxy) is 1. The second-order valence-electron chi connectivity index (χ2n) is 6.86. The highest BCUT2D eigenvalue weighted by Gasteiger charge is 2.14. The molecule has 4 rings (SSSR count). The van der Waals surface area contributed by atoms with Gasteiger partial charge in [-0.2, -0.15) is 0 Å². The van der Waals surface area contributed by atoms with Gasteiger partial charge < -0.3 is 14.6 Å². The van der Waals surface area contributed by atoms with Crippen LogP contribution in [-0.2, 0) is 17.9 Å². The number of aryl methyl sites for hydroxylation is 1. The van der Waals surface area contributed by atoms with Crippen LogP contribution in [0.5, 0.6) is 5.75 Å². The Bertz CT molecular complexity index is 1230. The molecule has 0 aliphatic carbocycles. The van der Waals surface area contributed by atoms with Crippen LogP contribution in [0.25, 0.3) is 16.6 Å². The van der Waals surface area contributed by atoms with Crippen molar-refractivity contribution in [2.45, 2.75) is 20.1 Å². The first-order valence-electron chi connectivity index (χ1n) is 9.52. The van der Waals surface area contributed by atoms with Crippen molar-refractivity contribution in [1.82, 2.24) is 24.8 Å². The second kappa shape index (κ2) is 9.09. The van der Waals surface area contributed by atoms with E-state index in [2.05, 4.69) is 20.3 Å². The van der Waals surface area contributed by atoms with E-state index < -0.39 is 12.6 Å². The highest BCUT2D eigenvalue weighted by Crippen LogP contribution is 2.30. The molecule has 0 atom stereocenters. The molecule has 0 spiro atoms. The van der Waals surface area contributed by atoms with Crippen LogP contribution in [0.4, 0.5) is 4.39 Å². The predicted octanol–water partition coefficient (Wildman–Crippen LogP) is 3.94. The molecule has 3 heterocycles. The molecule has 9 heteroatoms. The van der Waals surface area contributed by atoms with Crippen molar-refractivity contribution in [2.24, 2.45) is 0 Å². The summed E-state index contributed by atoms with van der Waals surface area (Å²) >= 11 is 6.33. The van der Waals surface area contributed by atoms with Gasteiger partial charge in [0.2, 0.25) is 0 Å². The lowest BCUT2D eigenvalue weighted by Crippen LogP contribution is -2.25. The lowest BCUT2D eigenvalue weighted by molar-refractivity contribution is -0.122. The third-order valence-electron chi connectivity index (χ3n) is 4.75. The number of alkyl halides is 1. The molecule has 7 nitrogen and oxygen atoms in total. The smallest absolute Gasteiger partial charge is 0.251 e. The number of para-hydroxylation sites is 1. The van der Waals surface area contributed by atoms with Crippen LogP contribution in [0.15, 0.2) is 55.4 Å². The normalized spacial score (nSPS) is 10.9. The van der Waals surface area contributed by atoms with Crippen molar-refractivity contribution in [3.8, 4) is 11.4 Å². The summed E-state index contributed by atoms with van der Waals surface area (Å²) in [6, 6.07) is 7.69. The number of hydrogen-bond donors (Lipinski definition) is 1. The summed E-state index contributed by atoms with van der Waals surface area (Å²) in [4.78, 5) is 24.1. The lowest BCUT2D eigenvalue weighted by Gasteiger charge is -2.15. The Morgan fingerprint density at radius 3 is 2.94 bits per heavy atom. The third kappa shape index (κ3) is 4.49. The van der Waals surface area contributed by atoms with E-state index in [9.17, 15) is 9.18 Å². The molecule has 0 aliphatic rings. The first kappa shape index (κ1) is 20.7. The van der Waals surface area contributed by atoms with E-state index in [1.165, 1.54) is 6.20 Å². The maximum Gasteiger partial charge on any atom is 0.251 e. The summed E-state index contributed by atoms with van der Waals surface area (Å²) < 4.78 is 20.5. The SMILES string of the molecule is Cc1cc(-n2ccnc2)c2cccc(OCc3c(Cl)cncc3CNC(=O)CF)c2n1. The number of benzene rings is 1. The van der Waals surface area contributed by atoms with Gasteiger partial charge in [-0.05, 0) is 24.6 Å². The molecule has 0 saturated carbocycles. The number of carbonyl (C=O) groups is 1. The molecule has 3 aromatic heterocycles. The monoisotopic (exact) mass is 439 g/mol. The molecule has 0 saturated heterocycles. The number of halogens is 2. The largest absolute Gasteiger partial charge is 0.487 e. The number of amides is 1. The molecule has 1 aromatic carbocycles. The van der Waals surface area contributed by atoms with Crippen molar-refractivity contribution in [2.75, 3.05) is 6.67 Å². The number of rotatable bonds is 7. The number of nitrogens with one attached hydrogen (secondary N) is 1. The highest BCUT2D eigenvalue weighted by atomic mass is 35.5. The van der Waals surface area contributed by atoms with Gasteiger partial charge in [0.25, 0.3) is 5.91 Å². The number of carbonyl (C=O) groups excluding carboxylic acids is 1.